The number of aromatic nitrogens is 2. The number of nitrogens with one attached hydrogen (secondary N) is 2. The molecule has 0 fully saturated rings. The van der Waals surface area contributed by atoms with Crippen molar-refractivity contribution in [3.8, 4) is 5.75 Å². The zero-order chi connectivity index (χ0) is 27.5. The number of aromatic amines is 1. The lowest BCUT2D eigenvalue weighted by atomic mass is 10.1. The molecule has 3 N–H and O–H groups in total. The molecule has 0 saturated carbocycles. The van der Waals surface area contributed by atoms with E-state index in [-0.39, 0.29) is 23.3 Å². The predicted octanol–water partition coefficient (Wildman–Crippen LogP) is 6.78. The van der Waals surface area contributed by atoms with Crippen LogP contribution in [0, 0.1) is 0 Å². The molecular formula is C26H32BrClN4O5. The van der Waals surface area contributed by atoms with Gasteiger partial charge in [-0.25, -0.2) is 14.6 Å². The van der Waals surface area contributed by atoms with E-state index in [1.54, 1.807) is 47.6 Å². The SMILES string of the molecule is CC(C)(C)OC(=O)N[C@H](COc1cc(Br)c(Cl)nc1N(C(=O)O)C(C)(C)C)Cc1c[nH]c2ccccc12. The van der Waals surface area contributed by atoms with Crippen LogP contribution < -0.4 is 15.0 Å². The summed E-state index contributed by atoms with van der Waals surface area (Å²) in [5.74, 6) is 0.250. The maximum absolute atomic E-state index is 12.6. The van der Waals surface area contributed by atoms with Gasteiger partial charge >= 0.3 is 12.2 Å². The number of carboxylic acid groups (broad SMARTS) is 1. The Morgan fingerprint density at radius 2 is 1.89 bits per heavy atom. The molecule has 2 aromatic heterocycles. The first kappa shape index (κ1) is 28.6. The lowest BCUT2D eigenvalue weighted by molar-refractivity contribution is 0.0488. The fourth-order valence-electron chi connectivity index (χ4n) is 3.78. The zero-order valence-corrected chi connectivity index (χ0v) is 24.0. The summed E-state index contributed by atoms with van der Waals surface area (Å²) in [4.78, 5) is 33.4. The Morgan fingerprint density at radius 1 is 1.22 bits per heavy atom. The number of H-pyrrole nitrogens is 1. The third-order valence-electron chi connectivity index (χ3n) is 5.26. The van der Waals surface area contributed by atoms with E-state index in [1.807, 2.05) is 30.5 Å². The van der Waals surface area contributed by atoms with Crippen LogP contribution in [0.3, 0.4) is 0 Å². The third kappa shape index (κ3) is 7.52. The van der Waals surface area contributed by atoms with Gasteiger partial charge in [-0.05, 0) is 75.5 Å². The maximum Gasteiger partial charge on any atom is 0.413 e. The molecule has 9 nitrogen and oxygen atoms in total. The number of nitrogens with zero attached hydrogens (tertiary/aromatic N) is 2. The molecule has 3 aromatic rings. The highest BCUT2D eigenvalue weighted by Gasteiger charge is 2.33. The Morgan fingerprint density at radius 3 is 2.51 bits per heavy atom. The van der Waals surface area contributed by atoms with Crippen LogP contribution in [-0.4, -0.2) is 51.0 Å². The fourth-order valence-corrected chi connectivity index (χ4v) is 4.22. The van der Waals surface area contributed by atoms with Crippen LogP contribution in [0.2, 0.25) is 5.15 Å². The Hall–Kier alpha value is -2.98. The molecule has 0 unspecified atom stereocenters. The number of ether oxygens (including phenoxy) is 2. The minimum Gasteiger partial charge on any atom is -0.487 e. The van der Waals surface area contributed by atoms with E-state index in [0.717, 1.165) is 21.4 Å². The first-order valence-corrected chi connectivity index (χ1v) is 12.9. The second-order valence-electron chi connectivity index (χ2n) is 10.6. The normalized spacial score (nSPS) is 12.8. The molecular weight excluding hydrogens is 564 g/mol. The fraction of sp³-hybridized carbons (Fsp3) is 0.423. The molecule has 1 atom stereocenters. The van der Waals surface area contributed by atoms with Gasteiger partial charge in [0.1, 0.15) is 17.4 Å². The molecule has 0 bridgehead atoms. The Balaban J connectivity index is 1.93. The predicted molar refractivity (Wildman–Crippen MR) is 148 cm³/mol. The summed E-state index contributed by atoms with van der Waals surface area (Å²) < 4.78 is 12.0. The highest BCUT2D eigenvalue weighted by Crippen LogP contribution is 2.37. The minimum absolute atomic E-state index is 0.0130. The molecule has 200 valence electrons. The summed E-state index contributed by atoms with van der Waals surface area (Å²) in [6.45, 7) is 10.6. The molecule has 0 radical (unpaired) electrons. The smallest absolute Gasteiger partial charge is 0.413 e. The number of fused-ring (bicyclic) bond motifs is 1. The van der Waals surface area contributed by atoms with E-state index in [0.29, 0.717) is 10.9 Å². The van der Waals surface area contributed by atoms with Gasteiger partial charge in [-0.1, -0.05) is 29.8 Å². The van der Waals surface area contributed by atoms with Gasteiger partial charge in [-0.2, -0.15) is 0 Å². The van der Waals surface area contributed by atoms with Gasteiger partial charge in [-0.15, -0.1) is 0 Å². The van der Waals surface area contributed by atoms with Crippen molar-refractivity contribution in [3.63, 3.8) is 0 Å². The van der Waals surface area contributed by atoms with Crippen molar-refractivity contribution in [1.82, 2.24) is 15.3 Å². The first-order valence-electron chi connectivity index (χ1n) is 11.7. The number of carbonyl (C=O) groups is 2. The topological polar surface area (TPSA) is 117 Å². The van der Waals surface area contributed by atoms with Crippen LogP contribution in [0.15, 0.2) is 41.0 Å². The van der Waals surface area contributed by atoms with Crippen molar-refractivity contribution in [1.29, 1.82) is 0 Å². The molecule has 0 saturated heterocycles. The van der Waals surface area contributed by atoms with Gasteiger partial charge < -0.3 is 24.9 Å². The van der Waals surface area contributed by atoms with Gasteiger partial charge in [0.05, 0.1) is 10.5 Å². The van der Waals surface area contributed by atoms with Crippen LogP contribution in [0.5, 0.6) is 5.75 Å². The summed E-state index contributed by atoms with van der Waals surface area (Å²) in [6, 6.07) is 8.93. The summed E-state index contributed by atoms with van der Waals surface area (Å²) in [7, 11) is 0. The van der Waals surface area contributed by atoms with Crippen LogP contribution in [0.4, 0.5) is 15.4 Å². The monoisotopic (exact) mass is 594 g/mol. The van der Waals surface area contributed by atoms with Crippen LogP contribution in [0.25, 0.3) is 10.9 Å². The number of alkyl carbamates (subject to hydrolysis) is 1. The van der Waals surface area contributed by atoms with E-state index in [4.69, 9.17) is 21.1 Å². The molecule has 0 aliphatic carbocycles. The lowest BCUT2D eigenvalue weighted by Crippen LogP contribution is -2.46. The highest BCUT2D eigenvalue weighted by molar-refractivity contribution is 9.10. The molecule has 2 heterocycles. The second kappa shape index (κ2) is 11.2. The van der Waals surface area contributed by atoms with Gasteiger partial charge in [0, 0.05) is 28.7 Å². The van der Waals surface area contributed by atoms with Crippen LogP contribution in [0.1, 0.15) is 47.1 Å². The quantitative estimate of drug-likeness (QED) is 0.259. The Bertz CT molecular complexity index is 1280. The summed E-state index contributed by atoms with van der Waals surface area (Å²) >= 11 is 9.56. The maximum atomic E-state index is 12.6. The van der Waals surface area contributed by atoms with Gasteiger partial charge in [-0.3, -0.25) is 4.90 Å². The highest BCUT2D eigenvalue weighted by atomic mass is 79.9. The molecule has 1 aromatic carbocycles. The number of pyridine rings is 1. The number of para-hydroxylation sites is 1. The number of halogens is 2. The van der Waals surface area contributed by atoms with Gasteiger partial charge in [0.25, 0.3) is 0 Å². The summed E-state index contributed by atoms with van der Waals surface area (Å²) in [5, 5.41) is 13.9. The van der Waals surface area contributed by atoms with Gasteiger partial charge in [0.2, 0.25) is 0 Å². The van der Waals surface area contributed by atoms with Crippen molar-refractivity contribution in [2.24, 2.45) is 0 Å². The van der Waals surface area contributed by atoms with Crippen molar-refractivity contribution >= 4 is 56.4 Å². The number of rotatable bonds is 7. The van der Waals surface area contributed by atoms with E-state index in [1.165, 1.54) is 0 Å². The van der Waals surface area contributed by atoms with E-state index < -0.39 is 29.4 Å². The molecule has 0 aliphatic heterocycles. The molecule has 11 heteroatoms. The number of hydrogen-bond donors (Lipinski definition) is 3. The van der Waals surface area contributed by atoms with Crippen molar-refractivity contribution < 1.29 is 24.2 Å². The number of carbonyl (C=O) groups excluding carboxylic acids is 1. The van der Waals surface area contributed by atoms with Crippen LogP contribution >= 0.6 is 27.5 Å². The summed E-state index contributed by atoms with van der Waals surface area (Å²) in [5.41, 5.74) is 0.456. The average molecular weight is 596 g/mol. The number of benzene rings is 1. The largest absolute Gasteiger partial charge is 0.487 e. The van der Waals surface area contributed by atoms with Crippen molar-refractivity contribution in [3.05, 3.63) is 51.7 Å². The summed E-state index contributed by atoms with van der Waals surface area (Å²) in [6.07, 6.45) is 0.540. The molecule has 37 heavy (non-hydrogen) atoms. The van der Waals surface area contributed by atoms with E-state index >= 15 is 0 Å². The van der Waals surface area contributed by atoms with Gasteiger partial charge in [0.15, 0.2) is 11.6 Å². The van der Waals surface area contributed by atoms with Crippen LogP contribution in [-0.2, 0) is 11.2 Å². The van der Waals surface area contributed by atoms with Crippen molar-refractivity contribution in [2.75, 3.05) is 11.5 Å². The molecule has 0 aliphatic rings. The third-order valence-corrected chi connectivity index (χ3v) is 6.38. The number of anilines is 1. The molecule has 0 spiro atoms. The minimum atomic E-state index is -1.20. The first-order chi connectivity index (χ1) is 17.2. The zero-order valence-electron chi connectivity index (χ0n) is 21.7. The number of hydrogen-bond acceptors (Lipinski definition) is 5. The standard InChI is InChI=1S/C26H32BrClN4O5/c1-25(2,3)32(24(34)35)22-20(12-18(27)21(28)31-22)36-14-16(30-23(33)37-26(4,5)6)11-15-13-29-19-10-8-7-9-17(15)19/h7-10,12-13,16,29H,11,14H2,1-6H3,(H,30,33)(H,34,35)/t16-/m0/s1. The second-order valence-corrected chi connectivity index (χ2v) is 11.8. The molecule has 2 amide bonds. The van der Waals surface area contributed by atoms with E-state index in [9.17, 15) is 14.7 Å². The Kier molecular flexibility index (Phi) is 8.64. The number of amides is 2. The van der Waals surface area contributed by atoms with E-state index in [2.05, 4.69) is 31.2 Å². The molecule has 3 rings (SSSR count). The van der Waals surface area contributed by atoms with Crippen molar-refractivity contribution in [2.45, 2.75) is 65.1 Å². The lowest BCUT2D eigenvalue weighted by Gasteiger charge is -2.33. The Labute approximate surface area is 229 Å². The average Bonchev–Trinajstić information content (AvgIpc) is 3.15.